The molecule has 1 aromatic carbocycles. The molecule has 0 saturated carbocycles. The van der Waals surface area contributed by atoms with Crippen LogP contribution in [0.1, 0.15) is 56.9 Å². The van der Waals surface area contributed by atoms with E-state index >= 15 is 0 Å². The molecule has 2 unspecified atom stereocenters. The second-order valence-corrected chi connectivity index (χ2v) is 13.0. The van der Waals surface area contributed by atoms with Crippen LogP contribution in [0.5, 0.6) is 0 Å². The van der Waals surface area contributed by atoms with Crippen molar-refractivity contribution in [1.29, 1.82) is 0 Å². The first-order valence-electron chi connectivity index (χ1n) is 14.4. The van der Waals surface area contributed by atoms with Crippen LogP contribution < -0.4 is 4.90 Å². The van der Waals surface area contributed by atoms with Gasteiger partial charge in [-0.25, -0.2) is 0 Å². The van der Waals surface area contributed by atoms with Crippen molar-refractivity contribution >= 4 is 46.8 Å². The fraction of sp³-hybridized carbons (Fsp3) is 0.581. The van der Waals surface area contributed by atoms with E-state index in [2.05, 4.69) is 13.2 Å². The van der Waals surface area contributed by atoms with Gasteiger partial charge in [-0.15, -0.1) is 24.9 Å². The molecule has 0 radical (unpaired) electrons. The van der Waals surface area contributed by atoms with Crippen LogP contribution in [0, 0.1) is 18.8 Å². The van der Waals surface area contributed by atoms with E-state index < -0.39 is 22.6 Å². The van der Waals surface area contributed by atoms with Gasteiger partial charge in [0.15, 0.2) is 0 Å². The number of benzene rings is 1. The average Bonchev–Trinajstić information content (AvgIpc) is 3.57. The number of unbranched alkanes of at least 4 members (excludes halogenated alkanes) is 4. The van der Waals surface area contributed by atoms with Crippen molar-refractivity contribution in [2.75, 3.05) is 31.2 Å². The number of aliphatic hydroxyl groups is 1. The van der Waals surface area contributed by atoms with E-state index in [1.807, 2.05) is 19.1 Å². The van der Waals surface area contributed by atoms with Gasteiger partial charge in [0.25, 0.3) is 5.91 Å². The summed E-state index contributed by atoms with van der Waals surface area (Å²) in [6, 6.07) is 4.82. The molecule has 3 aliphatic rings. The largest absolute Gasteiger partial charge is 0.465 e. The maximum atomic E-state index is 14.6. The quantitative estimate of drug-likeness (QED) is 0.169. The molecule has 7 nitrogen and oxygen atoms in total. The lowest BCUT2D eigenvalue weighted by Gasteiger charge is -2.37. The number of rotatable bonds is 15. The summed E-state index contributed by atoms with van der Waals surface area (Å²) in [5, 5.41) is 9.59. The summed E-state index contributed by atoms with van der Waals surface area (Å²) in [6.07, 6.45) is 9.49. The molecular formula is C31H41ClN2O5S. The zero-order valence-corrected chi connectivity index (χ0v) is 24.9. The predicted octanol–water partition coefficient (Wildman–Crippen LogP) is 5.32. The fourth-order valence-electron chi connectivity index (χ4n) is 6.72. The summed E-state index contributed by atoms with van der Waals surface area (Å²) >= 11 is 8.27. The number of esters is 1. The highest BCUT2D eigenvalue weighted by atomic mass is 35.5. The number of aliphatic hydroxyl groups excluding tert-OH is 1. The summed E-state index contributed by atoms with van der Waals surface area (Å²) in [5.41, 5.74) is 1.49. The molecule has 2 bridgehead atoms. The number of amides is 2. The summed E-state index contributed by atoms with van der Waals surface area (Å²) in [5.74, 6) is -1.79. The second-order valence-electron chi connectivity index (χ2n) is 11.0. The van der Waals surface area contributed by atoms with Crippen molar-refractivity contribution in [3.8, 4) is 0 Å². The highest BCUT2D eigenvalue weighted by Crippen LogP contribution is 2.66. The Bertz CT molecular complexity index is 1110. The molecular weight excluding hydrogens is 548 g/mol. The normalized spacial score (nSPS) is 26.6. The Morgan fingerprint density at radius 2 is 2.00 bits per heavy atom. The van der Waals surface area contributed by atoms with Crippen molar-refractivity contribution in [3.63, 3.8) is 0 Å². The number of ether oxygens (including phenoxy) is 1. The van der Waals surface area contributed by atoms with E-state index in [1.165, 1.54) is 0 Å². The van der Waals surface area contributed by atoms with Crippen LogP contribution in [0.15, 0.2) is 43.5 Å². The van der Waals surface area contributed by atoms with Crippen molar-refractivity contribution in [2.45, 2.75) is 74.3 Å². The highest BCUT2D eigenvalue weighted by Gasteiger charge is 2.74. The second kappa shape index (κ2) is 13.6. The zero-order chi connectivity index (χ0) is 28.9. The van der Waals surface area contributed by atoms with Crippen LogP contribution in [0.4, 0.5) is 5.69 Å². The number of halogens is 1. The third kappa shape index (κ3) is 5.72. The first-order valence-corrected chi connectivity index (χ1v) is 15.6. The number of aryl methyl sites for hydroxylation is 1. The molecule has 5 atom stereocenters. The molecule has 0 aliphatic carbocycles. The standard InChI is InChI=1S/C31H41ClN2O5S/c1-4-6-11-20-39-30(38)24-23-15-16-31(40-23)25(24)28(36)34(18-9-7-8-10-19-35)27(31)29(37)33(17-5-2)26-21(3)13-12-14-22(26)32/h4-5,12-14,23-25,27,35H,1-2,6-11,15-20H2,3H3/t23-,24+,25+,27?,31?/m1/s1. The number of carbonyl (C=O) groups is 3. The third-order valence-electron chi connectivity index (χ3n) is 8.45. The van der Waals surface area contributed by atoms with Gasteiger partial charge >= 0.3 is 5.97 Å². The number of thioether (sulfide) groups is 1. The molecule has 2 amide bonds. The molecule has 9 heteroatoms. The number of carbonyl (C=O) groups excluding carboxylic acids is 3. The van der Waals surface area contributed by atoms with Crippen molar-refractivity contribution in [3.05, 3.63) is 54.1 Å². The van der Waals surface area contributed by atoms with Crippen molar-refractivity contribution in [2.24, 2.45) is 11.8 Å². The van der Waals surface area contributed by atoms with Crippen LogP contribution >= 0.6 is 23.4 Å². The number of hydrogen-bond acceptors (Lipinski definition) is 6. The molecule has 1 N–H and O–H groups in total. The van der Waals surface area contributed by atoms with E-state index in [0.717, 1.165) is 37.7 Å². The number of hydrogen-bond donors (Lipinski definition) is 1. The van der Waals surface area contributed by atoms with E-state index in [0.29, 0.717) is 43.1 Å². The lowest BCUT2D eigenvalue weighted by atomic mass is 9.71. The van der Waals surface area contributed by atoms with E-state index in [-0.39, 0.29) is 36.2 Å². The molecule has 3 fully saturated rings. The summed E-state index contributed by atoms with van der Waals surface area (Å²) in [7, 11) is 0. The zero-order valence-electron chi connectivity index (χ0n) is 23.4. The van der Waals surface area contributed by atoms with Gasteiger partial charge in [-0.3, -0.25) is 14.4 Å². The van der Waals surface area contributed by atoms with Gasteiger partial charge < -0.3 is 19.6 Å². The monoisotopic (exact) mass is 588 g/mol. The van der Waals surface area contributed by atoms with Crippen LogP contribution in [0.3, 0.4) is 0 Å². The van der Waals surface area contributed by atoms with Gasteiger partial charge in [-0.1, -0.05) is 48.7 Å². The summed E-state index contributed by atoms with van der Waals surface area (Å²) in [6.45, 7) is 10.6. The Morgan fingerprint density at radius 3 is 2.70 bits per heavy atom. The van der Waals surface area contributed by atoms with Crippen LogP contribution in [-0.4, -0.2) is 70.1 Å². The number of allylic oxidation sites excluding steroid dienone is 1. The Kier molecular flexibility index (Phi) is 10.4. The number of likely N-dealkylation sites (tertiary alicyclic amines) is 1. The molecule has 4 rings (SSSR count). The Morgan fingerprint density at radius 1 is 1.23 bits per heavy atom. The molecule has 3 saturated heterocycles. The van der Waals surface area contributed by atoms with Crippen molar-refractivity contribution < 1.29 is 24.2 Å². The minimum Gasteiger partial charge on any atom is -0.465 e. The topological polar surface area (TPSA) is 87.1 Å². The smallest absolute Gasteiger partial charge is 0.310 e. The minimum absolute atomic E-state index is 0.0437. The van der Waals surface area contributed by atoms with E-state index in [1.54, 1.807) is 39.8 Å². The third-order valence-corrected chi connectivity index (χ3v) is 10.7. The Balaban J connectivity index is 1.68. The van der Waals surface area contributed by atoms with Gasteiger partial charge in [0.1, 0.15) is 6.04 Å². The van der Waals surface area contributed by atoms with Gasteiger partial charge in [-0.05, 0) is 57.1 Å². The maximum absolute atomic E-state index is 14.6. The molecule has 1 spiro atoms. The average molecular weight is 589 g/mol. The Hall–Kier alpha value is -2.29. The molecule has 218 valence electrons. The lowest BCUT2D eigenvalue weighted by molar-refractivity contribution is -0.154. The number of nitrogens with zero attached hydrogens (tertiary/aromatic N) is 2. The SMILES string of the molecule is C=CCCCOC(=O)[C@@H]1[C@H]2C(=O)N(CCCCCCO)C(C(=O)N(CC=C)c3c(C)cccc3Cl)C23CC[C@H]1S3. The van der Waals surface area contributed by atoms with Gasteiger partial charge in [-0.2, -0.15) is 0 Å². The van der Waals surface area contributed by atoms with Crippen LogP contribution in [0.2, 0.25) is 5.02 Å². The van der Waals surface area contributed by atoms with Gasteiger partial charge in [0.2, 0.25) is 5.91 Å². The highest BCUT2D eigenvalue weighted by molar-refractivity contribution is 8.02. The van der Waals surface area contributed by atoms with E-state index in [9.17, 15) is 14.4 Å². The summed E-state index contributed by atoms with van der Waals surface area (Å²) < 4.78 is 4.97. The predicted molar refractivity (Wildman–Crippen MR) is 161 cm³/mol. The first-order chi connectivity index (χ1) is 19.3. The molecule has 40 heavy (non-hydrogen) atoms. The number of para-hydroxylation sites is 1. The minimum atomic E-state index is -0.716. The Labute approximate surface area is 246 Å². The maximum Gasteiger partial charge on any atom is 0.310 e. The van der Waals surface area contributed by atoms with Crippen LogP contribution in [-0.2, 0) is 19.1 Å². The molecule has 3 heterocycles. The fourth-order valence-corrected chi connectivity index (χ4v) is 9.24. The molecule has 1 aromatic rings. The summed E-state index contributed by atoms with van der Waals surface area (Å²) in [4.78, 5) is 45.6. The van der Waals surface area contributed by atoms with Crippen molar-refractivity contribution in [1.82, 2.24) is 4.90 Å². The number of fused-ring (bicyclic) bond motifs is 1. The molecule has 0 aromatic heterocycles. The lowest BCUT2D eigenvalue weighted by Crippen LogP contribution is -2.55. The van der Waals surface area contributed by atoms with E-state index in [4.69, 9.17) is 21.4 Å². The van der Waals surface area contributed by atoms with Crippen LogP contribution in [0.25, 0.3) is 0 Å². The van der Waals surface area contributed by atoms with Gasteiger partial charge in [0.05, 0.1) is 33.9 Å². The molecule has 3 aliphatic heterocycles. The first kappa shape index (κ1) is 30.7. The number of anilines is 1. The van der Waals surface area contributed by atoms with Gasteiger partial charge in [0, 0.05) is 24.9 Å².